The van der Waals surface area contributed by atoms with Crippen LogP contribution in [0.1, 0.15) is 36.2 Å². The number of aliphatic carboxylic acids is 1. The number of carboxylic acid groups (broad SMARTS) is 1. The molecule has 0 radical (unpaired) electrons. The highest BCUT2D eigenvalue weighted by Gasteiger charge is 2.25. The lowest BCUT2D eigenvalue weighted by Gasteiger charge is -2.22. The number of fused-ring (bicyclic) bond motifs is 1. The van der Waals surface area contributed by atoms with Gasteiger partial charge < -0.3 is 15.7 Å². The number of hydrogen-bond acceptors (Lipinski definition) is 3. The van der Waals surface area contributed by atoms with Crippen LogP contribution in [0.15, 0.2) is 18.2 Å². The second-order valence-corrected chi connectivity index (χ2v) is 5.40. The largest absolute Gasteiger partial charge is 0.480 e. The summed E-state index contributed by atoms with van der Waals surface area (Å²) in [5.74, 6) is -1.47. The molecular weight excluding hydrogens is 256 g/mol. The van der Waals surface area contributed by atoms with Gasteiger partial charge in [-0.05, 0) is 36.5 Å². The number of anilines is 1. The standard InChI is InChI=1S/C15H20N2O3/c1-9(2)13(15(19)20)17-14(18)11-5-3-7-12-10(11)6-4-8-16-12/h3,5,7,9,13,16H,4,6,8H2,1-2H3,(H,17,18)(H,19,20)/t13-/m0/s1. The quantitative estimate of drug-likeness (QED) is 0.784. The fourth-order valence-electron chi connectivity index (χ4n) is 2.46. The Morgan fingerprint density at radius 3 is 2.75 bits per heavy atom. The average Bonchev–Trinajstić information content (AvgIpc) is 2.43. The van der Waals surface area contributed by atoms with E-state index in [1.165, 1.54) is 0 Å². The van der Waals surface area contributed by atoms with Gasteiger partial charge in [-0.3, -0.25) is 4.79 Å². The first-order valence-corrected chi connectivity index (χ1v) is 6.90. The first kappa shape index (κ1) is 14.4. The zero-order chi connectivity index (χ0) is 14.7. The summed E-state index contributed by atoms with van der Waals surface area (Å²) in [5, 5.41) is 15.0. The summed E-state index contributed by atoms with van der Waals surface area (Å²) < 4.78 is 0. The van der Waals surface area contributed by atoms with Crippen molar-refractivity contribution in [2.75, 3.05) is 11.9 Å². The molecule has 1 aliphatic heterocycles. The molecule has 0 saturated carbocycles. The zero-order valence-electron chi connectivity index (χ0n) is 11.8. The van der Waals surface area contributed by atoms with Crippen LogP contribution < -0.4 is 10.6 Å². The van der Waals surface area contributed by atoms with Crippen LogP contribution >= 0.6 is 0 Å². The third-order valence-corrected chi connectivity index (χ3v) is 3.56. The van der Waals surface area contributed by atoms with Crippen LogP contribution in [0.3, 0.4) is 0 Å². The third kappa shape index (κ3) is 2.92. The maximum Gasteiger partial charge on any atom is 0.326 e. The minimum atomic E-state index is -1.00. The number of nitrogens with one attached hydrogen (secondary N) is 2. The van der Waals surface area contributed by atoms with Gasteiger partial charge in [0.2, 0.25) is 0 Å². The summed E-state index contributed by atoms with van der Waals surface area (Å²) in [7, 11) is 0. The van der Waals surface area contributed by atoms with E-state index in [2.05, 4.69) is 10.6 Å². The maximum atomic E-state index is 12.3. The first-order chi connectivity index (χ1) is 9.50. The van der Waals surface area contributed by atoms with Crippen molar-refractivity contribution in [3.05, 3.63) is 29.3 Å². The minimum absolute atomic E-state index is 0.158. The van der Waals surface area contributed by atoms with Crippen LogP contribution in [-0.4, -0.2) is 29.6 Å². The predicted octanol–water partition coefficient (Wildman–Crippen LogP) is 1.88. The molecule has 20 heavy (non-hydrogen) atoms. The van der Waals surface area contributed by atoms with Gasteiger partial charge in [0.15, 0.2) is 0 Å². The van der Waals surface area contributed by atoms with E-state index in [1.807, 2.05) is 12.1 Å². The number of carboxylic acids is 1. The number of rotatable bonds is 4. The molecule has 108 valence electrons. The van der Waals surface area contributed by atoms with E-state index < -0.39 is 12.0 Å². The van der Waals surface area contributed by atoms with E-state index in [4.69, 9.17) is 5.11 Å². The molecule has 0 bridgehead atoms. The second-order valence-electron chi connectivity index (χ2n) is 5.40. The number of benzene rings is 1. The van der Waals surface area contributed by atoms with Crippen molar-refractivity contribution in [2.24, 2.45) is 5.92 Å². The fraction of sp³-hybridized carbons (Fsp3) is 0.467. The Hall–Kier alpha value is -2.04. The summed E-state index contributed by atoms with van der Waals surface area (Å²) in [6.45, 7) is 4.46. The Kier molecular flexibility index (Phi) is 4.27. The molecule has 0 aliphatic carbocycles. The maximum absolute atomic E-state index is 12.3. The summed E-state index contributed by atoms with van der Waals surface area (Å²) >= 11 is 0. The smallest absolute Gasteiger partial charge is 0.326 e. The molecule has 1 aromatic rings. The highest BCUT2D eigenvalue weighted by molar-refractivity contribution is 5.99. The van der Waals surface area contributed by atoms with E-state index in [-0.39, 0.29) is 11.8 Å². The van der Waals surface area contributed by atoms with Crippen LogP contribution in [0.25, 0.3) is 0 Å². The van der Waals surface area contributed by atoms with Gasteiger partial charge in [-0.1, -0.05) is 19.9 Å². The monoisotopic (exact) mass is 276 g/mol. The van der Waals surface area contributed by atoms with E-state index in [0.29, 0.717) is 5.56 Å². The van der Waals surface area contributed by atoms with Gasteiger partial charge in [0, 0.05) is 17.8 Å². The Labute approximate surface area is 118 Å². The third-order valence-electron chi connectivity index (χ3n) is 3.56. The van der Waals surface area contributed by atoms with Gasteiger partial charge in [-0.2, -0.15) is 0 Å². The van der Waals surface area contributed by atoms with Crippen molar-refractivity contribution in [2.45, 2.75) is 32.7 Å². The minimum Gasteiger partial charge on any atom is -0.480 e. The number of amides is 1. The summed E-state index contributed by atoms with van der Waals surface area (Å²) in [5.41, 5.74) is 2.52. The number of carbonyl (C=O) groups is 2. The Balaban J connectivity index is 2.23. The van der Waals surface area contributed by atoms with Gasteiger partial charge in [-0.15, -0.1) is 0 Å². The molecule has 1 amide bonds. The molecular formula is C15H20N2O3. The van der Waals surface area contributed by atoms with Gasteiger partial charge in [0.05, 0.1) is 0 Å². The summed E-state index contributed by atoms with van der Waals surface area (Å²) in [6.07, 6.45) is 1.81. The lowest BCUT2D eigenvalue weighted by Crippen LogP contribution is -2.44. The van der Waals surface area contributed by atoms with Crippen molar-refractivity contribution in [1.29, 1.82) is 0 Å². The average molecular weight is 276 g/mol. The topological polar surface area (TPSA) is 78.4 Å². The van der Waals surface area contributed by atoms with Crippen molar-refractivity contribution in [3.8, 4) is 0 Å². The molecule has 0 spiro atoms. The van der Waals surface area contributed by atoms with Gasteiger partial charge in [0.25, 0.3) is 5.91 Å². The Morgan fingerprint density at radius 2 is 2.10 bits per heavy atom. The molecule has 0 fully saturated rings. The first-order valence-electron chi connectivity index (χ1n) is 6.90. The molecule has 0 unspecified atom stereocenters. The van der Waals surface area contributed by atoms with Crippen LogP contribution in [0.5, 0.6) is 0 Å². The van der Waals surface area contributed by atoms with Crippen LogP contribution in [0.4, 0.5) is 5.69 Å². The van der Waals surface area contributed by atoms with E-state index in [1.54, 1.807) is 19.9 Å². The summed E-state index contributed by atoms with van der Waals surface area (Å²) in [4.78, 5) is 23.5. The van der Waals surface area contributed by atoms with E-state index in [9.17, 15) is 9.59 Å². The van der Waals surface area contributed by atoms with Crippen molar-refractivity contribution < 1.29 is 14.7 Å². The second kappa shape index (κ2) is 5.94. The van der Waals surface area contributed by atoms with Crippen LogP contribution in [-0.2, 0) is 11.2 Å². The molecule has 1 aromatic carbocycles. The highest BCUT2D eigenvalue weighted by Crippen LogP contribution is 2.25. The molecule has 0 aromatic heterocycles. The molecule has 5 heteroatoms. The van der Waals surface area contributed by atoms with Crippen molar-refractivity contribution in [1.82, 2.24) is 5.32 Å². The Morgan fingerprint density at radius 1 is 1.35 bits per heavy atom. The lowest BCUT2D eigenvalue weighted by molar-refractivity contribution is -0.140. The zero-order valence-corrected chi connectivity index (χ0v) is 11.8. The molecule has 0 saturated heterocycles. The molecule has 1 heterocycles. The van der Waals surface area contributed by atoms with Gasteiger partial charge in [-0.25, -0.2) is 4.79 Å². The molecule has 1 atom stereocenters. The number of carbonyl (C=O) groups excluding carboxylic acids is 1. The normalized spacial score (nSPS) is 15.2. The van der Waals surface area contributed by atoms with Gasteiger partial charge in [0.1, 0.15) is 6.04 Å². The Bertz CT molecular complexity index is 526. The number of hydrogen-bond donors (Lipinski definition) is 3. The van der Waals surface area contributed by atoms with E-state index in [0.717, 1.165) is 30.6 Å². The lowest BCUT2D eigenvalue weighted by atomic mass is 9.96. The van der Waals surface area contributed by atoms with Crippen molar-refractivity contribution in [3.63, 3.8) is 0 Å². The fourth-order valence-corrected chi connectivity index (χ4v) is 2.46. The molecule has 3 N–H and O–H groups in total. The SMILES string of the molecule is CC(C)[C@H](NC(=O)c1cccc2c1CCCN2)C(=O)O. The predicted molar refractivity (Wildman–Crippen MR) is 77.0 cm³/mol. The molecule has 5 nitrogen and oxygen atoms in total. The van der Waals surface area contributed by atoms with Crippen molar-refractivity contribution >= 4 is 17.6 Å². The molecule has 1 aliphatic rings. The van der Waals surface area contributed by atoms with Crippen LogP contribution in [0.2, 0.25) is 0 Å². The van der Waals surface area contributed by atoms with Gasteiger partial charge >= 0.3 is 5.97 Å². The van der Waals surface area contributed by atoms with E-state index >= 15 is 0 Å². The highest BCUT2D eigenvalue weighted by atomic mass is 16.4. The van der Waals surface area contributed by atoms with Crippen LogP contribution in [0, 0.1) is 5.92 Å². The molecule has 2 rings (SSSR count). The summed E-state index contributed by atoms with van der Waals surface area (Å²) in [6, 6.07) is 4.65.